The number of nitrogens with zero attached hydrogens (tertiary/aromatic N) is 1. The van der Waals surface area contributed by atoms with E-state index in [-0.39, 0.29) is 5.54 Å². The highest BCUT2D eigenvalue weighted by Gasteiger charge is 2.60. The van der Waals surface area contributed by atoms with Gasteiger partial charge < -0.3 is 0 Å². The Morgan fingerprint density at radius 3 is 2.77 bits per heavy atom. The van der Waals surface area contributed by atoms with Crippen LogP contribution in [-0.2, 0) is 0 Å². The number of hydrogen-bond donors (Lipinski definition) is 0. The average molecular weight is 183 g/mol. The standard InChI is InChI=1S/C11H18FN/c1-2-11-5-9(12)6-13(11)8-10(7-11)3-4-10/h9H,2-8H2,1H3/t9-,11+/m1/s1. The molecule has 3 aliphatic rings. The predicted octanol–water partition coefficient (Wildman–Crippen LogP) is 2.36. The van der Waals surface area contributed by atoms with E-state index in [0.717, 1.165) is 19.4 Å². The number of halogens is 1. The molecule has 0 aromatic rings. The molecule has 1 spiro atoms. The van der Waals surface area contributed by atoms with E-state index in [0.29, 0.717) is 5.41 Å². The average Bonchev–Trinajstić information content (AvgIpc) is 2.64. The third-order valence-electron chi connectivity index (χ3n) is 4.54. The van der Waals surface area contributed by atoms with Gasteiger partial charge in [0.15, 0.2) is 0 Å². The van der Waals surface area contributed by atoms with E-state index in [9.17, 15) is 4.39 Å². The van der Waals surface area contributed by atoms with Crippen molar-refractivity contribution in [2.45, 2.75) is 50.7 Å². The van der Waals surface area contributed by atoms with Crippen LogP contribution in [0.4, 0.5) is 4.39 Å². The second-order valence-electron chi connectivity index (χ2n) is 5.44. The summed E-state index contributed by atoms with van der Waals surface area (Å²) >= 11 is 0. The zero-order valence-electron chi connectivity index (χ0n) is 8.35. The molecule has 0 unspecified atom stereocenters. The SMILES string of the molecule is CC[C@@]12C[C@@H](F)CN1CC1(CC1)C2. The maximum atomic E-state index is 13.3. The van der Waals surface area contributed by atoms with E-state index in [1.54, 1.807) is 0 Å². The molecule has 1 nitrogen and oxygen atoms in total. The van der Waals surface area contributed by atoms with Gasteiger partial charge in [-0.25, -0.2) is 4.39 Å². The van der Waals surface area contributed by atoms with Crippen molar-refractivity contribution in [2.75, 3.05) is 13.1 Å². The van der Waals surface area contributed by atoms with E-state index in [2.05, 4.69) is 11.8 Å². The molecule has 1 aliphatic carbocycles. The van der Waals surface area contributed by atoms with Gasteiger partial charge in [0.1, 0.15) is 6.17 Å². The summed E-state index contributed by atoms with van der Waals surface area (Å²) in [6, 6.07) is 0. The van der Waals surface area contributed by atoms with Crippen molar-refractivity contribution in [2.24, 2.45) is 5.41 Å². The summed E-state index contributed by atoms with van der Waals surface area (Å²) in [5.41, 5.74) is 0.923. The highest BCUT2D eigenvalue weighted by atomic mass is 19.1. The Hall–Kier alpha value is -0.110. The molecule has 0 N–H and O–H groups in total. The number of alkyl halides is 1. The monoisotopic (exact) mass is 183 g/mol. The molecule has 0 radical (unpaired) electrons. The molecule has 3 rings (SSSR count). The van der Waals surface area contributed by atoms with Gasteiger partial charge in [-0.1, -0.05) is 6.92 Å². The van der Waals surface area contributed by atoms with E-state index < -0.39 is 6.17 Å². The third kappa shape index (κ3) is 1.01. The first-order chi connectivity index (χ1) is 6.18. The number of rotatable bonds is 1. The Labute approximate surface area is 79.3 Å². The molecular weight excluding hydrogens is 165 g/mol. The molecule has 74 valence electrons. The van der Waals surface area contributed by atoms with Crippen molar-refractivity contribution in [1.82, 2.24) is 4.90 Å². The lowest BCUT2D eigenvalue weighted by molar-refractivity contribution is 0.189. The highest BCUT2D eigenvalue weighted by Crippen LogP contribution is 2.61. The summed E-state index contributed by atoms with van der Waals surface area (Å²) in [4.78, 5) is 2.45. The second kappa shape index (κ2) is 2.28. The lowest BCUT2D eigenvalue weighted by atomic mass is 9.86. The summed E-state index contributed by atoms with van der Waals surface area (Å²) in [5, 5.41) is 0. The first-order valence-electron chi connectivity index (χ1n) is 5.57. The maximum absolute atomic E-state index is 13.3. The van der Waals surface area contributed by atoms with Gasteiger partial charge in [0.25, 0.3) is 0 Å². The summed E-state index contributed by atoms with van der Waals surface area (Å²) in [5.74, 6) is 0. The first kappa shape index (κ1) is 8.22. The van der Waals surface area contributed by atoms with Crippen molar-refractivity contribution < 1.29 is 4.39 Å². The van der Waals surface area contributed by atoms with Gasteiger partial charge in [0, 0.05) is 18.6 Å². The van der Waals surface area contributed by atoms with Crippen LogP contribution < -0.4 is 0 Å². The Balaban J connectivity index is 1.87. The Morgan fingerprint density at radius 1 is 1.46 bits per heavy atom. The van der Waals surface area contributed by atoms with Gasteiger partial charge in [-0.05, 0) is 37.5 Å². The van der Waals surface area contributed by atoms with Gasteiger partial charge in [0.05, 0.1) is 0 Å². The zero-order valence-corrected chi connectivity index (χ0v) is 8.35. The minimum Gasteiger partial charge on any atom is -0.294 e. The van der Waals surface area contributed by atoms with Gasteiger partial charge in [-0.15, -0.1) is 0 Å². The molecule has 0 bridgehead atoms. The van der Waals surface area contributed by atoms with Crippen LogP contribution in [0.25, 0.3) is 0 Å². The van der Waals surface area contributed by atoms with E-state index in [4.69, 9.17) is 0 Å². The van der Waals surface area contributed by atoms with Gasteiger partial charge in [-0.3, -0.25) is 4.90 Å². The Bertz CT molecular complexity index is 236. The molecule has 2 heterocycles. The number of hydrogen-bond acceptors (Lipinski definition) is 1. The van der Waals surface area contributed by atoms with E-state index >= 15 is 0 Å². The first-order valence-corrected chi connectivity index (χ1v) is 5.57. The summed E-state index contributed by atoms with van der Waals surface area (Å²) < 4.78 is 13.3. The summed E-state index contributed by atoms with van der Waals surface area (Å²) in [6.07, 6.45) is 5.51. The largest absolute Gasteiger partial charge is 0.294 e. The van der Waals surface area contributed by atoms with Crippen LogP contribution in [-0.4, -0.2) is 29.7 Å². The molecule has 1 saturated carbocycles. The highest BCUT2D eigenvalue weighted by molar-refractivity contribution is 5.14. The van der Waals surface area contributed by atoms with Gasteiger partial charge in [0.2, 0.25) is 0 Å². The lowest BCUT2D eigenvalue weighted by Gasteiger charge is -2.29. The van der Waals surface area contributed by atoms with Crippen LogP contribution in [0, 0.1) is 5.41 Å². The molecule has 3 fully saturated rings. The molecule has 0 aromatic carbocycles. The molecule has 2 aliphatic heterocycles. The van der Waals surface area contributed by atoms with E-state index in [1.807, 2.05) is 0 Å². The van der Waals surface area contributed by atoms with Crippen LogP contribution in [0.5, 0.6) is 0 Å². The van der Waals surface area contributed by atoms with Gasteiger partial charge >= 0.3 is 0 Å². The quantitative estimate of drug-likeness (QED) is 0.603. The molecular formula is C11H18FN. The predicted molar refractivity (Wildman–Crippen MR) is 50.4 cm³/mol. The number of fused-ring (bicyclic) bond motifs is 1. The van der Waals surface area contributed by atoms with Crippen molar-refractivity contribution in [1.29, 1.82) is 0 Å². The van der Waals surface area contributed by atoms with Crippen molar-refractivity contribution in [3.05, 3.63) is 0 Å². The molecule has 13 heavy (non-hydrogen) atoms. The summed E-state index contributed by atoms with van der Waals surface area (Å²) in [6.45, 7) is 4.14. The Kier molecular flexibility index (Phi) is 1.44. The minimum absolute atomic E-state index is 0.274. The van der Waals surface area contributed by atoms with Crippen LogP contribution in [0.2, 0.25) is 0 Å². The van der Waals surface area contributed by atoms with Crippen LogP contribution >= 0.6 is 0 Å². The van der Waals surface area contributed by atoms with Crippen molar-refractivity contribution >= 4 is 0 Å². The molecule has 2 heteroatoms. The maximum Gasteiger partial charge on any atom is 0.115 e. The van der Waals surface area contributed by atoms with Crippen LogP contribution in [0.3, 0.4) is 0 Å². The fourth-order valence-electron chi connectivity index (χ4n) is 3.62. The van der Waals surface area contributed by atoms with Crippen molar-refractivity contribution in [3.63, 3.8) is 0 Å². The van der Waals surface area contributed by atoms with E-state index in [1.165, 1.54) is 25.8 Å². The fourth-order valence-corrected chi connectivity index (χ4v) is 3.62. The summed E-state index contributed by atoms with van der Waals surface area (Å²) in [7, 11) is 0. The topological polar surface area (TPSA) is 3.24 Å². The normalized spacial score (nSPS) is 47.1. The molecule has 2 atom stereocenters. The van der Waals surface area contributed by atoms with Crippen LogP contribution in [0.15, 0.2) is 0 Å². The van der Waals surface area contributed by atoms with Gasteiger partial charge in [-0.2, -0.15) is 0 Å². The zero-order chi connectivity index (χ0) is 9.10. The molecule has 0 aromatic heterocycles. The van der Waals surface area contributed by atoms with Crippen molar-refractivity contribution in [3.8, 4) is 0 Å². The third-order valence-corrected chi connectivity index (χ3v) is 4.54. The second-order valence-corrected chi connectivity index (χ2v) is 5.44. The lowest BCUT2D eigenvalue weighted by Crippen LogP contribution is -2.37. The minimum atomic E-state index is -0.545. The fraction of sp³-hybridized carbons (Fsp3) is 1.00. The molecule has 0 amide bonds. The Morgan fingerprint density at radius 2 is 2.23 bits per heavy atom. The van der Waals surface area contributed by atoms with Crippen LogP contribution in [0.1, 0.15) is 39.0 Å². The molecule has 2 saturated heterocycles. The smallest absolute Gasteiger partial charge is 0.115 e.